The topological polar surface area (TPSA) is 63.2 Å². The van der Waals surface area contributed by atoms with Crippen LogP contribution >= 0.6 is 11.6 Å². The minimum atomic E-state index is -0.713. The number of hydrogen-bond donors (Lipinski definition) is 0. The van der Waals surface area contributed by atoms with Crippen LogP contribution in [-0.4, -0.2) is 33.4 Å². The van der Waals surface area contributed by atoms with Crippen LogP contribution in [0.1, 0.15) is 46.1 Å². The molecule has 3 aromatic carbocycles. The Morgan fingerprint density at radius 1 is 0.861 bits per heavy atom. The van der Waals surface area contributed by atoms with Crippen molar-refractivity contribution in [3.8, 4) is 28.7 Å². The van der Waals surface area contributed by atoms with Gasteiger partial charge < -0.3 is 23.7 Å². The van der Waals surface area contributed by atoms with Gasteiger partial charge in [0.25, 0.3) is 0 Å². The summed E-state index contributed by atoms with van der Waals surface area (Å²) in [5.41, 5.74) is 0.418. The van der Waals surface area contributed by atoms with Crippen molar-refractivity contribution in [1.29, 1.82) is 0 Å². The molecule has 36 heavy (non-hydrogen) atoms. The average Bonchev–Trinajstić information content (AvgIpc) is 2.85. The molecule has 0 aliphatic heterocycles. The van der Waals surface area contributed by atoms with Gasteiger partial charge in [0.05, 0.1) is 43.3 Å². The zero-order valence-corrected chi connectivity index (χ0v) is 22.7. The van der Waals surface area contributed by atoms with Gasteiger partial charge in [-0.2, -0.15) is 0 Å². The maximum atomic E-state index is 12.8. The van der Waals surface area contributed by atoms with Gasteiger partial charge >= 0.3 is 5.97 Å². The molecule has 0 unspecified atom stereocenters. The summed E-state index contributed by atoms with van der Waals surface area (Å²) in [6.07, 6.45) is 2.48. The molecule has 0 fully saturated rings. The van der Waals surface area contributed by atoms with Crippen molar-refractivity contribution in [3.63, 3.8) is 0 Å². The summed E-state index contributed by atoms with van der Waals surface area (Å²) in [6, 6.07) is 13.4. The highest BCUT2D eigenvalue weighted by Gasteiger charge is 2.30. The molecular formula is C29H35ClO6. The Hall–Kier alpha value is -3.12. The van der Waals surface area contributed by atoms with E-state index in [0.717, 1.165) is 30.6 Å². The van der Waals surface area contributed by atoms with Crippen LogP contribution in [0.4, 0.5) is 0 Å². The van der Waals surface area contributed by atoms with Crippen molar-refractivity contribution in [2.75, 3.05) is 27.4 Å². The second kappa shape index (κ2) is 12.2. The molecule has 6 nitrogen and oxygen atoms in total. The highest BCUT2D eigenvalue weighted by molar-refractivity contribution is 6.36. The lowest BCUT2D eigenvalue weighted by Crippen LogP contribution is -2.26. The summed E-state index contributed by atoms with van der Waals surface area (Å²) >= 11 is 6.63. The monoisotopic (exact) mass is 514 g/mol. The van der Waals surface area contributed by atoms with Crippen LogP contribution in [0.5, 0.6) is 28.7 Å². The first kappa shape index (κ1) is 27.5. The Labute approximate surface area is 218 Å². The number of carbonyl (C=O) groups excluding carboxylic acids is 1. The number of fused-ring (bicyclic) bond motifs is 1. The second-order valence-electron chi connectivity index (χ2n) is 9.43. The number of rotatable bonds is 11. The van der Waals surface area contributed by atoms with Crippen LogP contribution in [-0.2, 0) is 11.2 Å². The van der Waals surface area contributed by atoms with Gasteiger partial charge in [0.2, 0.25) is 11.5 Å². The summed E-state index contributed by atoms with van der Waals surface area (Å²) in [5, 5.41) is 1.65. The molecule has 0 saturated heterocycles. The number of halogens is 1. The molecule has 0 radical (unpaired) electrons. The van der Waals surface area contributed by atoms with Gasteiger partial charge in [-0.1, -0.05) is 48.9 Å². The zero-order chi connectivity index (χ0) is 26.3. The molecule has 0 aliphatic carbocycles. The van der Waals surface area contributed by atoms with E-state index in [1.54, 1.807) is 32.9 Å². The lowest BCUT2D eigenvalue weighted by molar-refractivity contribution is -0.143. The quantitative estimate of drug-likeness (QED) is 0.152. The van der Waals surface area contributed by atoms with Crippen molar-refractivity contribution in [1.82, 2.24) is 0 Å². The fourth-order valence-corrected chi connectivity index (χ4v) is 4.00. The first-order chi connectivity index (χ1) is 17.2. The van der Waals surface area contributed by atoms with E-state index in [4.69, 9.17) is 35.3 Å². The van der Waals surface area contributed by atoms with E-state index >= 15 is 0 Å². The SMILES string of the molecule is CCCOc1ccccc1CCCOc1c(OC)c(OC)c(OC(=O)C(C)(C)C)c2cccc(Cl)c12. The number of esters is 1. The third-order valence-corrected chi connectivity index (χ3v) is 5.91. The van der Waals surface area contributed by atoms with Crippen LogP contribution in [0, 0.1) is 5.41 Å². The van der Waals surface area contributed by atoms with Gasteiger partial charge in [-0.15, -0.1) is 0 Å². The molecular weight excluding hydrogens is 480 g/mol. The highest BCUT2D eigenvalue weighted by atomic mass is 35.5. The molecule has 0 saturated carbocycles. The Balaban J connectivity index is 1.94. The molecule has 0 heterocycles. The number of benzene rings is 3. The third kappa shape index (κ3) is 6.16. The second-order valence-corrected chi connectivity index (χ2v) is 9.84. The average molecular weight is 515 g/mol. The van der Waals surface area contributed by atoms with Crippen LogP contribution in [0.25, 0.3) is 10.8 Å². The number of carbonyl (C=O) groups is 1. The van der Waals surface area contributed by atoms with E-state index in [-0.39, 0.29) is 11.5 Å². The first-order valence-electron chi connectivity index (χ1n) is 12.1. The summed E-state index contributed by atoms with van der Waals surface area (Å²) in [5.74, 6) is 1.79. The van der Waals surface area contributed by atoms with Gasteiger partial charge in [-0.05, 0) is 57.7 Å². The van der Waals surface area contributed by atoms with E-state index in [0.29, 0.717) is 40.5 Å². The fourth-order valence-electron chi connectivity index (χ4n) is 3.74. The van der Waals surface area contributed by atoms with Crippen LogP contribution in [0.15, 0.2) is 42.5 Å². The maximum Gasteiger partial charge on any atom is 0.316 e. The summed E-state index contributed by atoms with van der Waals surface area (Å²) < 4.78 is 29.3. The highest BCUT2D eigenvalue weighted by Crippen LogP contribution is 2.53. The predicted molar refractivity (Wildman–Crippen MR) is 143 cm³/mol. The molecule has 3 aromatic rings. The van der Waals surface area contributed by atoms with Crippen molar-refractivity contribution in [2.45, 2.75) is 47.0 Å². The summed E-state index contributed by atoms with van der Waals surface area (Å²) in [6.45, 7) is 8.54. The van der Waals surface area contributed by atoms with E-state index in [2.05, 4.69) is 13.0 Å². The number of ether oxygens (including phenoxy) is 5. The van der Waals surface area contributed by atoms with Gasteiger partial charge in [-0.3, -0.25) is 4.79 Å². The van der Waals surface area contributed by atoms with Gasteiger partial charge in [-0.25, -0.2) is 0 Å². The molecule has 0 atom stereocenters. The number of methoxy groups -OCH3 is 2. The van der Waals surface area contributed by atoms with Crippen LogP contribution in [0.2, 0.25) is 5.02 Å². The molecule has 0 aromatic heterocycles. The van der Waals surface area contributed by atoms with E-state index in [1.807, 2.05) is 24.3 Å². The molecule has 194 valence electrons. The van der Waals surface area contributed by atoms with Crippen LogP contribution < -0.4 is 23.7 Å². The lowest BCUT2D eigenvalue weighted by atomic mass is 9.97. The van der Waals surface area contributed by atoms with Crippen LogP contribution in [0.3, 0.4) is 0 Å². The largest absolute Gasteiger partial charge is 0.493 e. The minimum Gasteiger partial charge on any atom is -0.493 e. The molecule has 0 N–H and O–H groups in total. The first-order valence-corrected chi connectivity index (χ1v) is 12.5. The molecule has 0 aliphatic rings. The Bertz CT molecular complexity index is 1200. The smallest absolute Gasteiger partial charge is 0.316 e. The zero-order valence-electron chi connectivity index (χ0n) is 21.9. The van der Waals surface area contributed by atoms with Crippen molar-refractivity contribution in [2.24, 2.45) is 5.41 Å². The Morgan fingerprint density at radius 2 is 1.56 bits per heavy atom. The Morgan fingerprint density at radius 3 is 2.22 bits per heavy atom. The number of aryl methyl sites for hydroxylation is 1. The van der Waals surface area contributed by atoms with E-state index < -0.39 is 11.4 Å². The summed E-state index contributed by atoms with van der Waals surface area (Å²) in [4.78, 5) is 12.8. The number of hydrogen-bond acceptors (Lipinski definition) is 6. The van der Waals surface area contributed by atoms with Crippen molar-refractivity contribution >= 4 is 28.3 Å². The standard InChI is InChI=1S/C29H35ClO6/c1-7-17-34-22-16-9-8-12-19(22)13-11-18-35-25-23-20(14-10-15-21(23)30)24(26(32-5)27(25)33-6)36-28(31)29(2,3)4/h8-10,12,14-16H,7,11,13,17-18H2,1-6H3. The lowest BCUT2D eigenvalue weighted by Gasteiger charge is -2.23. The van der Waals surface area contributed by atoms with Crippen molar-refractivity contribution < 1.29 is 28.5 Å². The van der Waals surface area contributed by atoms with Crippen molar-refractivity contribution in [3.05, 3.63) is 53.1 Å². The molecule has 0 bridgehead atoms. The summed E-state index contributed by atoms with van der Waals surface area (Å²) in [7, 11) is 3.02. The van der Waals surface area contributed by atoms with Gasteiger partial charge in [0.15, 0.2) is 11.5 Å². The Kier molecular flexibility index (Phi) is 9.32. The van der Waals surface area contributed by atoms with Gasteiger partial charge in [0, 0.05) is 5.39 Å². The predicted octanol–water partition coefficient (Wildman–Crippen LogP) is 7.26. The van der Waals surface area contributed by atoms with E-state index in [1.165, 1.54) is 14.2 Å². The van der Waals surface area contributed by atoms with Gasteiger partial charge in [0.1, 0.15) is 5.75 Å². The molecule has 3 rings (SSSR count). The molecule has 0 spiro atoms. The molecule has 7 heteroatoms. The molecule has 0 amide bonds. The number of para-hydroxylation sites is 1. The van der Waals surface area contributed by atoms with E-state index in [9.17, 15) is 4.79 Å². The fraction of sp³-hybridized carbons (Fsp3) is 0.414. The maximum absolute atomic E-state index is 12.8. The third-order valence-electron chi connectivity index (χ3n) is 5.59. The normalized spacial score (nSPS) is 11.3. The minimum absolute atomic E-state index is 0.251.